The molecule has 13 heteroatoms. The van der Waals surface area contributed by atoms with Crippen molar-refractivity contribution in [1.29, 1.82) is 0 Å². The highest BCUT2D eigenvalue weighted by atomic mass is 16.7. The van der Waals surface area contributed by atoms with E-state index in [9.17, 15) is 25.2 Å². The van der Waals surface area contributed by atoms with E-state index in [1.165, 1.54) is 0 Å². The molecule has 0 amide bonds. The quantitative estimate of drug-likeness (QED) is 0.243. The van der Waals surface area contributed by atoms with Crippen molar-refractivity contribution in [2.75, 3.05) is 40.9 Å². The number of carbonyl (C=O) groups excluding carboxylic acids is 1. The predicted molar refractivity (Wildman–Crippen MR) is 193 cm³/mol. The number of cyclic esters (lactones) is 1. The maximum Gasteiger partial charge on any atom is 0.311 e. The number of ether oxygens (including phenoxy) is 6. The first-order valence-electron chi connectivity index (χ1n) is 19.4. The molecular formula is C38H72N2O11. The molecule has 16 atom stereocenters. The van der Waals surface area contributed by atoms with E-state index in [-0.39, 0.29) is 18.8 Å². The minimum Gasteiger partial charge on any atom is -0.463 e. The van der Waals surface area contributed by atoms with Gasteiger partial charge < -0.3 is 58.6 Å². The Morgan fingerprint density at radius 2 is 1.69 bits per heavy atom. The third kappa shape index (κ3) is 11.3. The molecule has 3 aliphatic rings. The summed E-state index contributed by atoms with van der Waals surface area (Å²) in [6.07, 6.45) is -3.40. The first-order chi connectivity index (χ1) is 24.0. The zero-order chi connectivity index (χ0) is 38.2. The van der Waals surface area contributed by atoms with Crippen LogP contribution in [0, 0.1) is 17.3 Å². The minimum absolute atomic E-state index is 0.171. The summed E-state index contributed by atoms with van der Waals surface area (Å²) in [4.78, 5) is 17.9. The fourth-order valence-electron chi connectivity index (χ4n) is 8.06. The molecule has 3 fully saturated rings. The molecule has 3 aliphatic heterocycles. The van der Waals surface area contributed by atoms with Crippen LogP contribution in [-0.2, 0) is 33.2 Å². The highest BCUT2D eigenvalue weighted by Gasteiger charge is 2.49. The average Bonchev–Trinajstić information content (AvgIpc) is 3.11. The number of likely N-dealkylation sites (N-methyl/N-ethyl adjacent to an activating group) is 2. The lowest BCUT2D eigenvalue weighted by molar-refractivity contribution is -0.305. The van der Waals surface area contributed by atoms with E-state index in [1.807, 2.05) is 60.5 Å². The van der Waals surface area contributed by atoms with Crippen molar-refractivity contribution in [3.8, 4) is 0 Å². The van der Waals surface area contributed by atoms with Gasteiger partial charge in [-0.05, 0) is 87.0 Å². The number of carbonyl (C=O) groups is 1. The van der Waals surface area contributed by atoms with Gasteiger partial charge >= 0.3 is 5.97 Å². The molecule has 13 nitrogen and oxygen atoms in total. The van der Waals surface area contributed by atoms with Crippen LogP contribution in [0.2, 0.25) is 0 Å². The van der Waals surface area contributed by atoms with Crippen molar-refractivity contribution < 1.29 is 53.6 Å². The maximum absolute atomic E-state index is 13.8. The molecule has 1 unspecified atom stereocenters. The Kier molecular flexibility index (Phi) is 17.5. The van der Waals surface area contributed by atoms with Crippen LogP contribution in [0.15, 0.2) is 0 Å². The average molecular weight is 733 g/mol. The van der Waals surface area contributed by atoms with Gasteiger partial charge in [-0.3, -0.25) is 4.79 Å². The fourth-order valence-corrected chi connectivity index (χ4v) is 8.06. The lowest BCUT2D eigenvalue weighted by atomic mass is 9.74. The summed E-state index contributed by atoms with van der Waals surface area (Å²) in [5.41, 5.74) is -0.474. The Bertz CT molecular complexity index is 1040. The number of rotatable bonds is 10. The van der Waals surface area contributed by atoms with Gasteiger partial charge in [0.1, 0.15) is 18.8 Å². The SMILES string of the molecule is CCCCN(C)[C@H]1C[C@@H](C)O[C@H](O[C@@H]2[C@@H](C)[C@H](OC3C[C@@](C)(CC)[C@@H](O)[C@H](C)O3)[C@@H](C)C(=O)OC[C@@H](O)[C@H](O)[C@@H](C)N(C)CCC[C@@H]2OC)[C@@H]1O. The number of aliphatic hydroxyl groups is 4. The van der Waals surface area contributed by atoms with Gasteiger partial charge in [-0.15, -0.1) is 0 Å². The molecule has 0 aromatic carbocycles. The number of methoxy groups -OCH3 is 1. The molecule has 3 heterocycles. The predicted octanol–water partition coefficient (Wildman–Crippen LogP) is 2.93. The lowest BCUT2D eigenvalue weighted by Crippen LogP contribution is -2.58. The number of unbranched alkanes of at least 4 members (excludes halogenated alkanes) is 1. The smallest absolute Gasteiger partial charge is 0.311 e. The summed E-state index contributed by atoms with van der Waals surface area (Å²) in [5.74, 6) is -1.98. The summed E-state index contributed by atoms with van der Waals surface area (Å²) in [5, 5.41) is 44.4. The van der Waals surface area contributed by atoms with Crippen molar-refractivity contribution in [3.05, 3.63) is 0 Å². The maximum atomic E-state index is 13.8. The number of hydrogen-bond donors (Lipinski definition) is 4. The van der Waals surface area contributed by atoms with Gasteiger partial charge in [-0.2, -0.15) is 0 Å². The van der Waals surface area contributed by atoms with E-state index in [2.05, 4.69) is 11.8 Å². The van der Waals surface area contributed by atoms with Crippen LogP contribution >= 0.6 is 0 Å². The van der Waals surface area contributed by atoms with E-state index < -0.39 is 90.7 Å². The van der Waals surface area contributed by atoms with Crippen molar-refractivity contribution >= 4 is 5.97 Å². The third-order valence-electron chi connectivity index (χ3n) is 12.2. The molecular weight excluding hydrogens is 660 g/mol. The second-order valence-electron chi connectivity index (χ2n) is 16.0. The number of esters is 1. The van der Waals surface area contributed by atoms with Crippen molar-refractivity contribution in [3.63, 3.8) is 0 Å². The summed E-state index contributed by atoms with van der Waals surface area (Å²) in [6, 6.07) is -0.583. The molecule has 51 heavy (non-hydrogen) atoms. The van der Waals surface area contributed by atoms with Gasteiger partial charge in [-0.25, -0.2) is 0 Å². The molecule has 0 spiro atoms. The standard InChI is InChI=1S/C38H72N2O11/c1-12-14-17-40(10)27-19-22(3)48-37(32(27)43)51-34-23(4)33(50-30-20-38(8,13-2)35(44)26(7)49-30)24(5)36(45)47-21-28(41)31(42)25(6)39(9)18-15-16-29(34)46-11/h22-35,37,41-44H,12-21H2,1-11H3/t22-,23+,24-,25-,26+,27+,28-,29+,30?,31-,32-,33+,34-,35+,37-,38-/m1/s1. The second-order valence-corrected chi connectivity index (χ2v) is 16.0. The van der Waals surface area contributed by atoms with E-state index >= 15 is 0 Å². The summed E-state index contributed by atoms with van der Waals surface area (Å²) < 4.78 is 37.9. The van der Waals surface area contributed by atoms with Crippen LogP contribution in [0.3, 0.4) is 0 Å². The number of nitrogens with zero attached hydrogens (tertiary/aromatic N) is 2. The Balaban J connectivity index is 2.04. The summed E-state index contributed by atoms with van der Waals surface area (Å²) in [7, 11) is 5.53. The van der Waals surface area contributed by atoms with Gasteiger partial charge in [0.05, 0.1) is 48.6 Å². The Morgan fingerprint density at radius 3 is 2.31 bits per heavy atom. The van der Waals surface area contributed by atoms with Crippen LogP contribution in [0.1, 0.15) is 100 Å². The molecule has 0 saturated carbocycles. The number of aliphatic hydroxyl groups excluding tert-OH is 4. The molecule has 3 rings (SSSR count). The molecule has 0 aliphatic carbocycles. The van der Waals surface area contributed by atoms with Crippen LogP contribution in [-0.4, -0.2) is 157 Å². The Hall–Kier alpha value is -0.970. The minimum atomic E-state index is -1.28. The van der Waals surface area contributed by atoms with Gasteiger partial charge in [0.2, 0.25) is 0 Å². The van der Waals surface area contributed by atoms with Gasteiger partial charge in [0, 0.05) is 36.9 Å². The van der Waals surface area contributed by atoms with E-state index in [4.69, 9.17) is 28.4 Å². The third-order valence-corrected chi connectivity index (χ3v) is 12.2. The van der Waals surface area contributed by atoms with E-state index in [1.54, 1.807) is 14.0 Å². The monoisotopic (exact) mass is 733 g/mol. The molecule has 0 aromatic rings. The normalized spacial score (nSPS) is 44.5. The van der Waals surface area contributed by atoms with Crippen molar-refractivity contribution in [2.45, 2.75) is 180 Å². The fraction of sp³-hybridized carbons (Fsp3) is 0.974. The van der Waals surface area contributed by atoms with Crippen molar-refractivity contribution in [1.82, 2.24) is 9.80 Å². The zero-order valence-electron chi connectivity index (χ0n) is 33.3. The topological polar surface area (TPSA) is 160 Å². The van der Waals surface area contributed by atoms with Gasteiger partial charge in [-0.1, -0.05) is 34.1 Å². The highest BCUT2D eigenvalue weighted by Crippen LogP contribution is 2.41. The van der Waals surface area contributed by atoms with Crippen LogP contribution in [0.4, 0.5) is 0 Å². The summed E-state index contributed by atoms with van der Waals surface area (Å²) in [6.45, 7) is 16.5. The zero-order valence-corrected chi connectivity index (χ0v) is 33.3. The molecule has 3 saturated heterocycles. The van der Waals surface area contributed by atoms with E-state index in [0.29, 0.717) is 38.6 Å². The van der Waals surface area contributed by atoms with Gasteiger partial charge in [0.25, 0.3) is 0 Å². The second kappa shape index (κ2) is 20.1. The summed E-state index contributed by atoms with van der Waals surface area (Å²) >= 11 is 0. The van der Waals surface area contributed by atoms with Crippen LogP contribution in [0.25, 0.3) is 0 Å². The first kappa shape index (κ1) is 44.4. The molecule has 0 bridgehead atoms. The van der Waals surface area contributed by atoms with E-state index in [0.717, 1.165) is 19.4 Å². The highest BCUT2D eigenvalue weighted by molar-refractivity contribution is 5.72. The molecule has 300 valence electrons. The first-order valence-corrected chi connectivity index (χ1v) is 19.4. The number of hydrogen-bond acceptors (Lipinski definition) is 13. The van der Waals surface area contributed by atoms with Crippen LogP contribution in [0.5, 0.6) is 0 Å². The van der Waals surface area contributed by atoms with Crippen molar-refractivity contribution in [2.24, 2.45) is 17.3 Å². The van der Waals surface area contributed by atoms with Crippen LogP contribution < -0.4 is 0 Å². The lowest BCUT2D eigenvalue weighted by Gasteiger charge is -2.48. The molecule has 0 aromatic heterocycles. The molecule has 0 radical (unpaired) electrons. The largest absolute Gasteiger partial charge is 0.463 e. The Labute approximate surface area is 307 Å². The molecule has 4 N–H and O–H groups in total. The Morgan fingerprint density at radius 1 is 1.00 bits per heavy atom. The van der Waals surface area contributed by atoms with Gasteiger partial charge in [0.15, 0.2) is 12.6 Å².